The summed E-state index contributed by atoms with van der Waals surface area (Å²) in [4.78, 5) is 41.3. The Labute approximate surface area is 197 Å². The topological polar surface area (TPSA) is 168 Å². The van der Waals surface area contributed by atoms with Gasteiger partial charge in [-0.2, -0.15) is 4.98 Å². The fourth-order valence-electron chi connectivity index (χ4n) is 2.96. The number of non-ortho nitro benzene ring substituents is 1. The van der Waals surface area contributed by atoms with Gasteiger partial charge in [0.1, 0.15) is 5.82 Å². The van der Waals surface area contributed by atoms with E-state index in [1.54, 1.807) is 12.1 Å². The number of aromatic nitrogens is 2. The maximum Gasteiger partial charge on any atom is 0.326 e. The summed E-state index contributed by atoms with van der Waals surface area (Å²) in [6.45, 7) is 1.53. The van der Waals surface area contributed by atoms with Gasteiger partial charge in [0.25, 0.3) is 11.2 Å². The highest BCUT2D eigenvalue weighted by atomic mass is 35.5. The highest BCUT2D eigenvalue weighted by Gasteiger charge is 2.14. The normalized spacial score (nSPS) is 10.7. The molecule has 34 heavy (non-hydrogen) atoms. The number of benzene rings is 2. The highest BCUT2D eigenvalue weighted by molar-refractivity contribution is 6.33. The zero-order valence-corrected chi connectivity index (χ0v) is 18.5. The molecule has 11 nitrogen and oxygen atoms in total. The lowest BCUT2D eigenvalue weighted by Crippen LogP contribution is -2.23. The van der Waals surface area contributed by atoms with Gasteiger partial charge in [-0.25, -0.2) is 9.18 Å². The van der Waals surface area contributed by atoms with Crippen molar-refractivity contribution in [3.05, 3.63) is 79.5 Å². The molecule has 3 rings (SSSR count). The Bertz CT molecular complexity index is 1270. The number of hydrogen-bond donors (Lipinski definition) is 5. The van der Waals surface area contributed by atoms with Crippen molar-refractivity contribution < 1.29 is 14.1 Å². The molecule has 13 heteroatoms. The Morgan fingerprint density at radius 1 is 1.24 bits per heavy atom. The first-order chi connectivity index (χ1) is 16.3. The maximum absolute atomic E-state index is 14.4. The van der Waals surface area contributed by atoms with Gasteiger partial charge in [-0.3, -0.25) is 20.2 Å². The number of rotatable bonds is 9. The first-order valence-electron chi connectivity index (χ1n) is 10.1. The lowest BCUT2D eigenvalue weighted by Gasteiger charge is -2.09. The number of H-pyrrole nitrogens is 1. The third-order valence-corrected chi connectivity index (χ3v) is 5.00. The van der Waals surface area contributed by atoms with E-state index in [1.807, 2.05) is 0 Å². The largest absolute Gasteiger partial charge is 0.331 e. The number of aromatic amines is 1. The molecule has 2 aromatic carbocycles. The van der Waals surface area contributed by atoms with Crippen molar-refractivity contribution in [1.82, 2.24) is 15.3 Å². The summed E-state index contributed by atoms with van der Waals surface area (Å²) in [6.07, 6.45) is 2.07. The Kier molecular flexibility index (Phi) is 8.24. The van der Waals surface area contributed by atoms with Gasteiger partial charge in [-0.1, -0.05) is 23.7 Å². The fourth-order valence-corrected chi connectivity index (χ4v) is 3.12. The second-order valence-corrected chi connectivity index (χ2v) is 7.50. The van der Waals surface area contributed by atoms with Gasteiger partial charge in [0.2, 0.25) is 5.95 Å². The molecular formula is C21H21ClFN7O4. The van der Waals surface area contributed by atoms with Gasteiger partial charge in [0.05, 0.1) is 21.2 Å². The van der Waals surface area contributed by atoms with Crippen LogP contribution in [-0.2, 0) is 6.54 Å². The Morgan fingerprint density at radius 2 is 2.03 bits per heavy atom. The van der Waals surface area contributed by atoms with Crippen LogP contribution in [0.1, 0.15) is 12.0 Å². The Balaban J connectivity index is 1.69. The molecule has 1 heterocycles. The van der Waals surface area contributed by atoms with E-state index in [0.717, 1.165) is 12.5 Å². The molecule has 6 N–H and O–H groups in total. The highest BCUT2D eigenvalue weighted by Crippen LogP contribution is 2.26. The van der Waals surface area contributed by atoms with Crippen molar-refractivity contribution in [2.45, 2.75) is 13.0 Å². The lowest BCUT2D eigenvalue weighted by atomic mass is 10.1. The summed E-state index contributed by atoms with van der Waals surface area (Å²) in [5.41, 5.74) is 5.33. The molecule has 0 fully saturated rings. The summed E-state index contributed by atoms with van der Waals surface area (Å²) >= 11 is 5.95. The first kappa shape index (κ1) is 24.8. The van der Waals surface area contributed by atoms with Crippen LogP contribution in [-0.4, -0.2) is 34.0 Å². The lowest BCUT2D eigenvalue weighted by molar-refractivity contribution is -0.384. The van der Waals surface area contributed by atoms with Crippen LogP contribution < -0.4 is 27.2 Å². The SMILES string of the molecule is NCCCNCc1ccc(-c2c[nH]c(NC(=O)Nc3cc([N+](=O)[O-])ccc3Cl)nc2=O)cc1F. The van der Waals surface area contributed by atoms with E-state index in [-0.39, 0.29) is 27.9 Å². The number of nitrogens with two attached hydrogens (primary N) is 1. The van der Waals surface area contributed by atoms with Gasteiger partial charge >= 0.3 is 6.03 Å². The number of carbonyl (C=O) groups excluding carboxylic acids is 1. The van der Waals surface area contributed by atoms with Crippen LogP contribution in [0.25, 0.3) is 11.1 Å². The summed E-state index contributed by atoms with van der Waals surface area (Å²) in [5, 5.41) is 18.7. The molecule has 0 bridgehead atoms. The third kappa shape index (κ3) is 6.34. The molecule has 0 spiro atoms. The van der Waals surface area contributed by atoms with E-state index in [4.69, 9.17) is 17.3 Å². The smallest absolute Gasteiger partial charge is 0.326 e. The zero-order chi connectivity index (χ0) is 24.7. The van der Waals surface area contributed by atoms with Crippen LogP contribution in [0.4, 0.5) is 26.5 Å². The number of nitrogens with zero attached hydrogens (tertiary/aromatic N) is 2. The average molecular weight is 490 g/mol. The molecule has 0 atom stereocenters. The second kappa shape index (κ2) is 11.3. The second-order valence-electron chi connectivity index (χ2n) is 7.09. The predicted molar refractivity (Wildman–Crippen MR) is 126 cm³/mol. The molecule has 178 valence electrons. The number of hydrogen-bond acceptors (Lipinski definition) is 7. The minimum Gasteiger partial charge on any atom is -0.331 e. The van der Waals surface area contributed by atoms with E-state index in [9.17, 15) is 24.1 Å². The Morgan fingerprint density at radius 3 is 2.71 bits per heavy atom. The molecule has 0 aliphatic rings. The molecular weight excluding hydrogens is 469 g/mol. The molecule has 2 amide bonds. The number of nitro groups is 1. The fraction of sp³-hybridized carbons (Fsp3) is 0.190. The zero-order valence-electron chi connectivity index (χ0n) is 17.7. The standard InChI is InChI=1S/C21H21ClFN7O4/c22-16-5-4-14(30(33)34)9-18(16)27-21(32)29-20-26-11-15(19(31)28-20)12-2-3-13(17(23)8-12)10-25-7-1-6-24/h2-5,8-9,11,25H,1,6-7,10,24H2,(H3,26,27,28,29,31,32). The van der Waals surface area contributed by atoms with Crippen LogP contribution in [0.15, 0.2) is 47.4 Å². The van der Waals surface area contributed by atoms with E-state index >= 15 is 0 Å². The minimum atomic E-state index is -0.837. The van der Waals surface area contributed by atoms with Crippen molar-refractivity contribution >= 4 is 35.0 Å². The van der Waals surface area contributed by atoms with Crippen molar-refractivity contribution in [3.8, 4) is 11.1 Å². The van der Waals surface area contributed by atoms with Crippen LogP contribution >= 0.6 is 11.6 Å². The van der Waals surface area contributed by atoms with Crippen LogP contribution in [0.2, 0.25) is 5.02 Å². The maximum atomic E-state index is 14.4. The van der Waals surface area contributed by atoms with Crippen molar-refractivity contribution in [2.75, 3.05) is 23.7 Å². The summed E-state index contributed by atoms with van der Waals surface area (Å²) in [7, 11) is 0. The third-order valence-electron chi connectivity index (χ3n) is 4.68. The number of nitrogens with one attached hydrogen (secondary N) is 4. The summed E-state index contributed by atoms with van der Waals surface area (Å²) in [5.74, 6) is -0.665. The minimum absolute atomic E-state index is 0.000385. The molecule has 0 aliphatic carbocycles. The number of urea groups is 1. The predicted octanol–water partition coefficient (Wildman–Crippen LogP) is 3.22. The molecule has 3 aromatic rings. The van der Waals surface area contributed by atoms with Crippen molar-refractivity contribution in [3.63, 3.8) is 0 Å². The van der Waals surface area contributed by atoms with Crippen LogP contribution in [0, 0.1) is 15.9 Å². The molecule has 0 saturated heterocycles. The number of anilines is 2. The quantitative estimate of drug-likeness (QED) is 0.174. The molecule has 1 aromatic heterocycles. The van der Waals surface area contributed by atoms with Crippen molar-refractivity contribution in [2.24, 2.45) is 5.73 Å². The van der Waals surface area contributed by atoms with Crippen LogP contribution in [0.5, 0.6) is 0 Å². The molecule has 0 unspecified atom stereocenters. The first-order valence-corrected chi connectivity index (χ1v) is 10.5. The molecule has 0 radical (unpaired) electrons. The van der Waals surface area contributed by atoms with E-state index < -0.39 is 22.3 Å². The van der Waals surface area contributed by atoms with E-state index in [2.05, 4.69) is 25.9 Å². The number of halogens is 2. The number of amides is 2. The number of nitro benzene ring substituents is 1. The summed E-state index contributed by atoms with van der Waals surface area (Å²) in [6, 6.07) is 7.11. The van der Waals surface area contributed by atoms with Gasteiger partial charge < -0.3 is 21.4 Å². The average Bonchev–Trinajstić information content (AvgIpc) is 2.79. The van der Waals surface area contributed by atoms with Crippen molar-refractivity contribution in [1.29, 1.82) is 0 Å². The van der Waals surface area contributed by atoms with Crippen LogP contribution in [0.3, 0.4) is 0 Å². The van der Waals surface area contributed by atoms with E-state index in [0.29, 0.717) is 30.8 Å². The monoisotopic (exact) mass is 489 g/mol. The molecule has 0 aliphatic heterocycles. The van der Waals surface area contributed by atoms with Gasteiger partial charge in [0, 0.05) is 30.4 Å². The van der Waals surface area contributed by atoms with E-state index in [1.165, 1.54) is 24.4 Å². The number of carbonyl (C=O) groups is 1. The van der Waals surface area contributed by atoms with Gasteiger partial charge in [-0.05, 0) is 37.2 Å². The molecule has 0 saturated carbocycles. The van der Waals surface area contributed by atoms with Gasteiger partial charge in [-0.15, -0.1) is 0 Å². The van der Waals surface area contributed by atoms with Gasteiger partial charge in [0.15, 0.2) is 0 Å². The Hall–Kier alpha value is -3.87. The summed E-state index contributed by atoms with van der Waals surface area (Å²) < 4.78 is 14.4.